The van der Waals surface area contributed by atoms with E-state index in [0.29, 0.717) is 22.4 Å². The van der Waals surface area contributed by atoms with Gasteiger partial charge in [0, 0.05) is 10.6 Å². The Bertz CT molecular complexity index is 856. The summed E-state index contributed by atoms with van der Waals surface area (Å²) in [5.74, 6) is 1.14. The molecular formula is C17H16FN5S. The van der Waals surface area contributed by atoms with Gasteiger partial charge in [0.15, 0.2) is 0 Å². The zero-order chi connectivity index (χ0) is 16.9. The molecule has 3 N–H and O–H groups in total. The summed E-state index contributed by atoms with van der Waals surface area (Å²) < 4.78 is 13.7. The zero-order valence-corrected chi connectivity index (χ0v) is 13.8. The van der Waals surface area contributed by atoms with Gasteiger partial charge in [-0.3, -0.25) is 0 Å². The van der Waals surface area contributed by atoms with E-state index >= 15 is 0 Å². The smallest absolute Gasteiger partial charge is 0.232 e. The Morgan fingerprint density at radius 2 is 1.79 bits per heavy atom. The van der Waals surface area contributed by atoms with Crippen LogP contribution >= 0.6 is 11.8 Å². The maximum Gasteiger partial charge on any atom is 0.232 e. The lowest BCUT2D eigenvalue weighted by molar-refractivity contribution is 0.602. The number of benzene rings is 2. The molecule has 24 heavy (non-hydrogen) atoms. The van der Waals surface area contributed by atoms with E-state index in [-0.39, 0.29) is 11.8 Å². The normalized spacial score (nSPS) is 10.6. The molecule has 122 valence electrons. The molecular weight excluding hydrogens is 325 g/mol. The molecule has 2 aromatic carbocycles. The van der Waals surface area contributed by atoms with Crippen molar-refractivity contribution >= 4 is 29.3 Å². The van der Waals surface area contributed by atoms with Crippen molar-refractivity contribution in [2.24, 2.45) is 0 Å². The Hall–Kier alpha value is -2.67. The van der Waals surface area contributed by atoms with Gasteiger partial charge in [0.2, 0.25) is 11.9 Å². The molecule has 0 saturated heterocycles. The van der Waals surface area contributed by atoms with Gasteiger partial charge in [-0.25, -0.2) is 4.39 Å². The number of thioether (sulfide) groups is 1. The number of nitrogens with two attached hydrogens (primary N) is 1. The fourth-order valence-electron chi connectivity index (χ4n) is 2.10. The number of nitrogens with zero attached hydrogens (tertiary/aromatic N) is 3. The van der Waals surface area contributed by atoms with Crippen molar-refractivity contribution in [3.63, 3.8) is 0 Å². The fraction of sp³-hybridized carbons (Fsp3) is 0.118. The Morgan fingerprint density at radius 1 is 1.04 bits per heavy atom. The van der Waals surface area contributed by atoms with Gasteiger partial charge >= 0.3 is 0 Å². The minimum absolute atomic E-state index is 0.130. The van der Waals surface area contributed by atoms with E-state index in [1.807, 2.05) is 31.2 Å². The van der Waals surface area contributed by atoms with E-state index in [2.05, 4.69) is 20.3 Å². The third kappa shape index (κ3) is 3.99. The third-order valence-electron chi connectivity index (χ3n) is 3.28. The Labute approximate surface area is 143 Å². The highest BCUT2D eigenvalue weighted by Gasteiger charge is 2.08. The molecule has 0 unspecified atom stereocenters. The number of halogens is 1. The van der Waals surface area contributed by atoms with Gasteiger partial charge in [-0.05, 0) is 30.7 Å². The molecule has 5 nitrogen and oxygen atoms in total. The summed E-state index contributed by atoms with van der Waals surface area (Å²) in [7, 11) is 0. The van der Waals surface area contributed by atoms with Crippen LogP contribution in [0, 0.1) is 12.7 Å². The Kier molecular flexibility index (Phi) is 4.90. The average molecular weight is 341 g/mol. The lowest BCUT2D eigenvalue weighted by Crippen LogP contribution is -2.07. The zero-order valence-electron chi connectivity index (χ0n) is 13.0. The molecule has 0 aliphatic heterocycles. The number of rotatable bonds is 5. The fourth-order valence-corrected chi connectivity index (χ4v) is 2.89. The summed E-state index contributed by atoms with van der Waals surface area (Å²) in [6, 6.07) is 14.4. The van der Waals surface area contributed by atoms with Crippen molar-refractivity contribution in [1.82, 2.24) is 15.0 Å². The molecule has 7 heteroatoms. The number of anilines is 3. The maximum atomic E-state index is 13.7. The van der Waals surface area contributed by atoms with E-state index in [0.717, 1.165) is 11.3 Å². The highest BCUT2D eigenvalue weighted by Crippen LogP contribution is 2.25. The van der Waals surface area contributed by atoms with Crippen LogP contribution in [0.5, 0.6) is 0 Å². The Balaban J connectivity index is 1.77. The van der Waals surface area contributed by atoms with Crippen molar-refractivity contribution in [1.29, 1.82) is 0 Å². The molecule has 0 saturated carbocycles. The van der Waals surface area contributed by atoms with Crippen LogP contribution in [0.4, 0.5) is 22.0 Å². The molecule has 0 bridgehead atoms. The van der Waals surface area contributed by atoms with Gasteiger partial charge < -0.3 is 11.1 Å². The minimum Gasteiger partial charge on any atom is -0.368 e. The third-order valence-corrected chi connectivity index (χ3v) is 4.33. The summed E-state index contributed by atoms with van der Waals surface area (Å²) in [5, 5.41) is 3.14. The second kappa shape index (κ2) is 7.27. The molecule has 0 aliphatic carbocycles. The highest BCUT2D eigenvalue weighted by atomic mass is 32.2. The van der Waals surface area contributed by atoms with Crippen LogP contribution in [-0.2, 0) is 5.75 Å². The number of para-hydroxylation sites is 1. The predicted molar refractivity (Wildman–Crippen MR) is 94.7 cm³/mol. The van der Waals surface area contributed by atoms with Crippen LogP contribution in [-0.4, -0.2) is 15.0 Å². The van der Waals surface area contributed by atoms with Gasteiger partial charge in [0.25, 0.3) is 0 Å². The Morgan fingerprint density at radius 3 is 2.58 bits per heavy atom. The standard InChI is InChI=1S/C17H16FN5S/c1-11-6-2-4-8-13(11)20-17-22-15(21-16(19)23-17)10-24-14-9-5-3-7-12(14)18/h2-9H,10H2,1H3,(H3,19,20,21,22,23). The average Bonchev–Trinajstić information content (AvgIpc) is 2.56. The summed E-state index contributed by atoms with van der Waals surface area (Å²) in [4.78, 5) is 13.1. The predicted octanol–water partition coefficient (Wildman–Crippen LogP) is 3.94. The second-order valence-electron chi connectivity index (χ2n) is 5.09. The maximum absolute atomic E-state index is 13.7. The van der Waals surface area contributed by atoms with E-state index in [4.69, 9.17) is 5.73 Å². The van der Waals surface area contributed by atoms with Crippen LogP contribution in [0.1, 0.15) is 11.4 Å². The van der Waals surface area contributed by atoms with Crippen LogP contribution in [0.2, 0.25) is 0 Å². The molecule has 0 atom stereocenters. The minimum atomic E-state index is -0.261. The second-order valence-corrected chi connectivity index (χ2v) is 6.11. The molecule has 0 fully saturated rings. The van der Waals surface area contributed by atoms with Gasteiger partial charge in [0.05, 0.1) is 5.75 Å². The number of nitrogen functional groups attached to an aromatic ring is 1. The number of aryl methyl sites for hydroxylation is 1. The molecule has 0 radical (unpaired) electrons. The van der Waals surface area contributed by atoms with Crippen molar-refractivity contribution < 1.29 is 4.39 Å². The molecule has 0 aliphatic rings. The summed E-state index contributed by atoms with van der Waals surface area (Å²) in [5.41, 5.74) is 7.73. The van der Waals surface area contributed by atoms with E-state index in [9.17, 15) is 4.39 Å². The monoisotopic (exact) mass is 341 g/mol. The van der Waals surface area contributed by atoms with Crippen LogP contribution in [0.3, 0.4) is 0 Å². The van der Waals surface area contributed by atoms with Gasteiger partial charge in [-0.1, -0.05) is 30.3 Å². The van der Waals surface area contributed by atoms with Crippen molar-refractivity contribution in [2.45, 2.75) is 17.6 Å². The topological polar surface area (TPSA) is 76.7 Å². The molecule has 1 aromatic heterocycles. The quantitative estimate of drug-likeness (QED) is 0.685. The number of hydrogen-bond donors (Lipinski definition) is 2. The van der Waals surface area contributed by atoms with Crippen LogP contribution in [0.25, 0.3) is 0 Å². The van der Waals surface area contributed by atoms with Crippen molar-refractivity contribution in [3.05, 3.63) is 65.7 Å². The molecule has 3 aromatic rings. The molecule has 0 amide bonds. The molecule has 1 heterocycles. The molecule has 0 spiro atoms. The first-order valence-corrected chi connectivity index (χ1v) is 8.31. The van der Waals surface area contributed by atoms with Gasteiger partial charge in [0.1, 0.15) is 11.6 Å². The van der Waals surface area contributed by atoms with E-state index in [1.165, 1.54) is 17.8 Å². The largest absolute Gasteiger partial charge is 0.368 e. The summed E-state index contributed by atoms with van der Waals surface area (Å²) >= 11 is 1.32. The van der Waals surface area contributed by atoms with Gasteiger partial charge in [-0.2, -0.15) is 15.0 Å². The van der Waals surface area contributed by atoms with Crippen molar-refractivity contribution in [2.75, 3.05) is 11.1 Å². The molecule has 3 rings (SSSR count). The van der Waals surface area contributed by atoms with Crippen LogP contribution < -0.4 is 11.1 Å². The number of nitrogens with one attached hydrogen (secondary N) is 1. The van der Waals surface area contributed by atoms with Gasteiger partial charge in [-0.15, -0.1) is 11.8 Å². The van der Waals surface area contributed by atoms with Crippen molar-refractivity contribution in [3.8, 4) is 0 Å². The first kappa shape index (κ1) is 16.2. The summed E-state index contributed by atoms with van der Waals surface area (Å²) in [6.07, 6.45) is 0. The van der Waals surface area contributed by atoms with E-state index in [1.54, 1.807) is 18.2 Å². The highest BCUT2D eigenvalue weighted by molar-refractivity contribution is 7.98. The number of hydrogen-bond acceptors (Lipinski definition) is 6. The van der Waals surface area contributed by atoms with Crippen LogP contribution in [0.15, 0.2) is 53.4 Å². The summed E-state index contributed by atoms with van der Waals surface area (Å²) in [6.45, 7) is 1.99. The first-order chi connectivity index (χ1) is 11.6. The number of aromatic nitrogens is 3. The SMILES string of the molecule is Cc1ccccc1Nc1nc(N)nc(CSc2ccccc2F)n1. The lowest BCUT2D eigenvalue weighted by Gasteiger charge is -2.09. The first-order valence-electron chi connectivity index (χ1n) is 7.32. The van der Waals surface area contributed by atoms with E-state index < -0.39 is 0 Å². The lowest BCUT2D eigenvalue weighted by atomic mass is 10.2.